The van der Waals surface area contributed by atoms with Crippen LogP contribution in [0.3, 0.4) is 0 Å². The minimum Gasteiger partial charge on any atom is -0.313 e. The highest BCUT2D eigenvalue weighted by atomic mass is 14.9. The number of hydrogen-bond acceptors (Lipinski definition) is 3. The van der Waals surface area contributed by atoms with Crippen molar-refractivity contribution in [2.75, 3.05) is 7.05 Å². The van der Waals surface area contributed by atoms with Crippen LogP contribution in [0, 0.1) is 0 Å². The molecule has 0 aromatic carbocycles. The van der Waals surface area contributed by atoms with Gasteiger partial charge in [0.05, 0.1) is 0 Å². The SMILES string of the molecule is CNC1CCCc2nc(C3CCCCCC3)ncc21. The van der Waals surface area contributed by atoms with E-state index in [-0.39, 0.29) is 0 Å². The summed E-state index contributed by atoms with van der Waals surface area (Å²) in [6, 6.07) is 0.465. The molecule has 0 spiro atoms. The predicted octanol–water partition coefficient (Wildman–Crippen LogP) is 3.51. The molecule has 1 unspecified atom stereocenters. The van der Waals surface area contributed by atoms with Crippen LogP contribution < -0.4 is 5.32 Å². The first-order valence-corrected chi connectivity index (χ1v) is 7.91. The Morgan fingerprint density at radius 3 is 2.58 bits per heavy atom. The van der Waals surface area contributed by atoms with E-state index in [1.165, 1.54) is 62.6 Å². The zero-order valence-corrected chi connectivity index (χ0v) is 12.0. The van der Waals surface area contributed by atoms with Crippen LogP contribution in [0.4, 0.5) is 0 Å². The van der Waals surface area contributed by atoms with E-state index in [0.717, 1.165) is 12.2 Å². The van der Waals surface area contributed by atoms with Crippen LogP contribution in [0.5, 0.6) is 0 Å². The number of rotatable bonds is 2. The Hall–Kier alpha value is -0.960. The lowest BCUT2D eigenvalue weighted by molar-refractivity contribution is 0.478. The van der Waals surface area contributed by atoms with Crippen LogP contribution in [0.2, 0.25) is 0 Å². The molecule has 1 saturated carbocycles. The average molecular weight is 259 g/mol. The van der Waals surface area contributed by atoms with E-state index in [1.54, 1.807) is 0 Å². The van der Waals surface area contributed by atoms with Gasteiger partial charge in [-0.15, -0.1) is 0 Å². The van der Waals surface area contributed by atoms with Crippen LogP contribution in [0.25, 0.3) is 0 Å². The van der Waals surface area contributed by atoms with Gasteiger partial charge in [-0.3, -0.25) is 0 Å². The zero-order valence-electron chi connectivity index (χ0n) is 12.0. The van der Waals surface area contributed by atoms with Gasteiger partial charge in [-0.25, -0.2) is 9.97 Å². The third-order valence-corrected chi connectivity index (χ3v) is 4.77. The molecule has 1 heterocycles. The molecule has 0 aliphatic heterocycles. The number of nitrogens with one attached hydrogen (secondary N) is 1. The summed E-state index contributed by atoms with van der Waals surface area (Å²) in [6.07, 6.45) is 13.8. The molecule has 0 amide bonds. The van der Waals surface area contributed by atoms with Gasteiger partial charge in [0, 0.05) is 29.4 Å². The van der Waals surface area contributed by atoms with Crippen LogP contribution in [0.15, 0.2) is 6.20 Å². The summed E-state index contributed by atoms with van der Waals surface area (Å²) in [4.78, 5) is 9.63. The van der Waals surface area contributed by atoms with Gasteiger partial charge in [0.25, 0.3) is 0 Å². The van der Waals surface area contributed by atoms with Gasteiger partial charge < -0.3 is 5.32 Å². The van der Waals surface area contributed by atoms with Crippen molar-refractivity contribution in [2.45, 2.75) is 69.7 Å². The molecule has 1 N–H and O–H groups in total. The molecule has 0 bridgehead atoms. The fraction of sp³-hybridized carbons (Fsp3) is 0.750. The van der Waals surface area contributed by atoms with Crippen molar-refractivity contribution < 1.29 is 0 Å². The molecule has 1 atom stereocenters. The smallest absolute Gasteiger partial charge is 0.131 e. The monoisotopic (exact) mass is 259 g/mol. The molecular weight excluding hydrogens is 234 g/mol. The quantitative estimate of drug-likeness (QED) is 0.826. The minimum atomic E-state index is 0.465. The van der Waals surface area contributed by atoms with Crippen LogP contribution in [-0.4, -0.2) is 17.0 Å². The average Bonchev–Trinajstić information content (AvgIpc) is 2.75. The fourth-order valence-electron chi connectivity index (χ4n) is 3.60. The molecule has 1 aromatic heterocycles. The first-order valence-electron chi connectivity index (χ1n) is 7.91. The lowest BCUT2D eigenvalue weighted by atomic mass is 9.91. The van der Waals surface area contributed by atoms with Crippen LogP contribution in [0.1, 0.15) is 80.4 Å². The number of aromatic nitrogens is 2. The van der Waals surface area contributed by atoms with Gasteiger partial charge in [0.1, 0.15) is 5.82 Å². The molecule has 1 aromatic rings. The standard InChI is InChI=1S/C16H25N3/c1-17-14-9-6-10-15-13(14)11-18-16(19-15)12-7-4-2-3-5-8-12/h11-12,14,17H,2-10H2,1H3. The number of nitrogens with zero attached hydrogens (tertiary/aromatic N) is 2. The van der Waals surface area contributed by atoms with Gasteiger partial charge in [-0.2, -0.15) is 0 Å². The zero-order chi connectivity index (χ0) is 13.1. The van der Waals surface area contributed by atoms with E-state index < -0.39 is 0 Å². The van der Waals surface area contributed by atoms with E-state index in [2.05, 4.69) is 11.5 Å². The van der Waals surface area contributed by atoms with Crippen molar-refractivity contribution in [1.29, 1.82) is 0 Å². The first kappa shape index (κ1) is 13.0. The summed E-state index contributed by atoms with van der Waals surface area (Å²) in [5.41, 5.74) is 2.64. The minimum absolute atomic E-state index is 0.465. The lowest BCUT2D eigenvalue weighted by Crippen LogP contribution is -2.23. The largest absolute Gasteiger partial charge is 0.313 e. The summed E-state index contributed by atoms with van der Waals surface area (Å²) in [6.45, 7) is 0. The Morgan fingerprint density at radius 2 is 1.84 bits per heavy atom. The molecule has 2 aliphatic carbocycles. The Morgan fingerprint density at radius 1 is 1.05 bits per heavy atom. The molecule has 3 rings (SSSR count). The number of fused-ring (bicyclic) bond motifs is 1. The molecular formula is C16H25N3. The van der Waals surface area contributed by atoms with Crippen LogP contribution >= 0.6 is 0 Å². The van der Waals surface area contributed by atoms with Crippen molar-refractivity contribution in [3.8, 4) is 0 Å². The maximum absolute atomic E-state index is 4.93. The van der Waals surface area contributed by atoms with E-state index in [4.69, 9.17) is 9.97 Å². The molecule has 19 heavy (non-hydrogen) atoms. The second kappa shape index (κ2) is 6.00. The summed E-state index contributed by atoms with van der Waals surface area (Å²) >= 11 is 0. The molecule has 1 fully saturated rings. The van der Waals surface area contributed by atoms with Crippen molar-refractivity contribution >= 4 is 0 Å². The van der Waals surface area contributed by atoms with Gasteiger partial charge in [0.2, 0.25) is 0 Å². The highest BCUT2D eigenvalue weighted by molar-refractivity contribution is 5.25. The maximum Gasteiger partial charge on any atom is 0.131 e. The molecule has 2 aliphatic rings. The highest BCUT2D eigenvalue weighted by Crippen LogP contribution is 2.32. The molecule has 3 heteroatoms. The van der Waals surface area contributed by atoms with Gasteiger partial charge in [-0.1, -0.05) is 25.7 Å². The predicted molar refractivity (Wildman–Crippen MR) is 77.2 cm³/mol. The first-order chi connectivity index (χ1) is 9.38. The van der Waals surface area contributed by atoms with Crippen molar-refractivity contribution in [1.82, 2.24) is 15.3 Å². The normalized spacial score (nSPS) is 24.8. The molecule has 3 nitrogen and oxygen atoms in total. The Labute approximate surface area is 116 Å². The van der Waals surface area contributed by atoms with Crippen molar-refractivity contribution in [3.05, 3.63) is 23.3 Å². The van der Waals surface area contributed by atoms with Gasteiger partial charge in [-0.05, 0) is 39.2 Å². The summed E-state index contributed by atoms with van der Waals surface area (Å²) in [5.74, 6) is 1.74. The molecule has 104 valence electrons. The Bertz CT molecular complexity index is 422. The second-order valence-corrected chi connectivity index (χ2v) is 6.05. The van der Waals surface area contributed by atoms with E-state index in [0.29, 0.717) is 12.0 Å². The maximum atomic E-state index is 4.93. The van der Waals surface area contributed by atoms with Crippen molar-refractivity contribution in [3.63, 3.8) is 0 Å². The Kier molecular flexibility index (Phi) is 4.12. The third-order valence-electron chi connectivity index (χ3n) is 4.77. The summed E-state index contributed by atoms with van der Waals surface area (Å²) in [5, 5.41) is 3.39. The van der Waals surface area contributed by atoms with Crippen LogP contribution in [-0.2, 0) is 6.42 Å². The Balaban J connectivity index is 1.83. The second-order valence-electron chi connectivity index (χ2n) is 6.05. The van der Waals surface area contributed by atoms with Gasteiger partial charge >= 0.3 is 0 Å². The molecule has 0 radical (unpaired) electrons. The number of aryl methyl sites for hydroxylation is 1. The summed E-state index contributed by atoms with van der Waals surface area (Å²) in [7, 11) is 2.04. The number of hydrogen-bond donors (Lipinski definition) is 1. The third kappa shape index (κ3) is 2.81. The fourth-order valence-corrected chi connectivity index (χ4v) is 3.60. The van der Waals surface area contributed by atoms with E-state index in [9.17, 15) is 0 Å². The van der Waals surface area contributed by atoms with E-state index >= 15 is 0 Å². The highest BCUT2D eigenvalue weighted by Gasteiger charge is 2.23. The lowest BCUT2D eigenvalue weighted by Gasteiger charge is -2.25. The topological polar surface area (TPSA) is 37.8 Å². The van der Waals surface area contributed by atoms with Crippen molar-refractivity contribution in [2.24, 2.45) is 0 Å². The molecule has 0 saturated heterocycles. The van der Waals surface area contributed by atoms with E-state index in [1.807, 2.05) is 7.05 Å². The van der Waals surface area contributed by atoms with Gasteiger partial charge in [0.15, 0.2) is 0 Å². The summed E-state index contributed by atoms with van der Waals surface area (Å²) < 4.78 is 0.